The van der Waals surface area contributed by atoms with E-state index in [0.717, 1.165) is 6.54 Å². The number of aryl methyl sites for hydroxylation is 1. The Bertz CT molecular complexity index is 448. The second kappa shape index (κ2) is 5.94. The standard InChI is InChI=1S/C14H18N2S/c1-16(2)11-3-4-13-5-6-14(17-13)12-7-9-15-10-8-12/h5-10H,3-4,11H2,1-2H3. The Morgan fingerprint density at radius 3 is 2.59 bits per heavy atom. The minimum atomic E-state index is 1.16. The van der Waals surface area contributed by atoms with Crippen LogP contribution in [0.25, 0.3) is 10.4 Å². The second-order valence-corrected chi connectivity index (χ2v) is 5.58. The summed E-state index contributed by atoms with van der Waals surface area (Å²) in [5.41, 5.74) is 1.27. The van der Waals surface area contributed by atoms with Gasteiger partial charge in [-0.3, -0.25) is 4.98 Å². The van der Waals surface area contributed by atoms with Gasteiger partial charge in [-0.2, -0.15) is 0 Å². The fraction of sp³-hybridized carbons (Fsp3) is 0.357. The maximum atomic E-state index is 4.05. The first-order valence-corrected chi connectivity index (χ1v) is 6.71. The number of thiophene rings is 1. The molecule has 17 heavy (non-hydrogen) atoms. The van der Waals surface area contributed by atoms with Gasteiger partial charge < -0.3 is 4.90 Å². The normalized spacial score (nSPS) is 11.0. The molecule has 90 valence electrons. The largest absolute Gasteiger partial charge is 0.309 e. The van der Waals surface area contributed by atoms with E-state index in [-0.39, 0.29) is 0 Å². The van der Waals surface area contributed by atoms with Gasteiger partial charge >= 0.3 is 0 Å². The Labute approximate surface area is 107 Å². The molecule has 2 nitrogen and oxygen atoms in total. The second-order valence-electron chi connectivity index (χ2n) is 4.41. The molecule has 0 aliphatic heterocycles. The third kappa shape index (κ3) is 3.65. The Morgan fingerprint density at radius 1 is 1.12 bits per heavy atom. The molecule has 0 aliphatic rings. The predicted molar refractivity (Wildman–Crippen MR) is 74.4 cm³/mol. The maximum absolute atomic E-state index is 4.05. The van der Waals surface area contributed by atoms with Gasteiger partial charge in [-0.25, -0.2) is 0 Å². The monoisotopic (exact) mass is 246 g/mol. The van der Waals surface area contributed by atoms with Gasteiger partial charge in [0.1, 0.15) is 0 Å². The average molecular weight is 246 g/mol. The zero-order valence-electron chi connectivity index (χ0n) is 10.4. The van der Waals surface area contributed by atoms with Crippen LogP contribution < -0.4 is 0 Å². The molecule has 0 aromatic carbocycles. The summed E-state index contributed by atoms with van der Waals surface area (Å²) >= 11 is 1.89. The van der Waals surface area contributed by atoms with Crippen molar-refractivity contribution in [3.63, 3.8) is 0 Å². The SMILES string of the molecule is CN(C)CCCc1ccc(-c2ccncc2)s1. The molecular weight excluding hydrogens is 228 g/mol. The smallest absolute Gasteiger partial charge is 0.0346 e. The van der Waals surface area contributed by atoms with Crippen LogP contribution in [0.3, 0.4) is 0 Å². The third-order valence-electron chi connectivity index (χ3n) is 2.65. The topological polar surface area (TPSA) is 16.1 Å². The molecule has 0 saturated carbocycles. The first-order chi connectivity index (χ1) is 8.25. The van der Waals surface area contributed by atoms with Gasteiger partial charge in [-0.15, -0.1) is 11.3 Å². The highest BCUT2D eigenvalue weighted by Crippen LogP contribution is 2.28. The van der Waals surface area contributed by atoms with Crippen LogP contribution in [0.1, 0.15) is 11.3 Å². The van der Waals surface area contributed by atoms with E-state index in [0.29, 0.717) is 0 Å². The van der Waals surface area contributed by atoms with Crippen LogP contribution in [-0.2, 0) is 6.42 Å². The lowest BCUT2D eigenvalue weighted by molar-refractivity contribution is 0.401. The van der Waals surface area contributed by atoms with Gasteiger partial charge in [-0.1, -0.05) is 0 Å². The van der Waals surface area contributed by atoms with Crippen molar-refractivity contribution in [1.29, 1.82) is 0 Å². The Balaban J connectivity index is 1.97. The zero-order valence-corrected chi connectivity index (χ0v) is 11.2. The fourth-order valence-electron chi connectivity index (χ4n) is 1.75. The number of hydrogen-bond acceptors (Lipinski definition) is 3. The number of pyridine rings is 1. The van der Waals surface area contributed by atoms with Crippen molar-refractivity contribution >= 4 is 11.3 Å². The van der Waals surface area contributed by atoms with Crippen LogP contribution in [0.4, 0.5) is 0 Å². The van der Waals surface area contributed by atoms with Crippen LogP contribution in [0.5, 0.6) is 0 Å². The van der Waals surface area contributed by atoms with E-state index in [9.17, 15) is 0 Å². The minimum Gasteiger partial charge on any atom is -0.309 e. The Morgan fingerprint density at radius 2 is 1.88 bits per heavy atom. The zero-order chi connectivity index (χ0) is 12.1. The summed E-state index contributed by atoms with van der Waals surface area (Å²) < 4.78 is 0. The summed E-state index contributed by atoms with van der Waals surface area (Å²) in [5, 5.41) is 0. The van der Waals surface area contributed by atoms with Crippen LogP contribution >= 0.6 is 11.3 Å². The van der Waals surface area contributed by atoms with Crippen molar-refractivity contribution < 1.29 is 0 Å². The highest BCUT2D eigenvalue weighted by atomic mass is 32.1. The van der Waals surface area contributed by atoms with Gasteiger partial charge in [0.05, 0.1) is 0 Å². The molecule has 0 radical (unpaired) electrons. The van der Waals surface area contributed by atoms with Crippen LogP contribution in [0, 0.1) is 0 Å². The van der Waals surface area contributed by atoms with Gasteiger partial charge in [0.25, 0.3) is 0 Å². The Kier molecular flexibility index (Phi) is 4.29. The van der Waals surface area contributed by atoms with Crippen molar-refractivity contribution in [3.05, 3.63) is 41.5 Å². The molecule has 0 N–H and O–H groups in total. The molecule has 0 fully saturated rings. The first-order valence-electron chi connectivity index (χ1n) is 5.89. The first kappa shape index (κ1) is 12.3. The van der Waals surface area contributed by atoms with E-state index in [4.69, 9.17) is 0 Å². The molecule has 2 aromatic heterocycles. The van der Waals surface area contributed by atoms with E-state index in [1.807, 2.05) is 23.7 Å². The predicted octanol–water partition coefficient (Wildman–Crippen LogP) is 3.30. The summed E-state index contributed by atoms with van der Waals surface area (Å²) in [6.45, 7) is 1.16. The maximum Gasteiger partial charge on any atom is 0.0346 e. The van der Waals surface area contributed by atoms with Crippen LogP contribution in [0.2, 0.25) is 0 Å². The summed E-state index contributed by atoms with van der Waals surface area (Å²) in [4.78, 5) is 9.09. The number of aromatic nitrogens is 1. The van der Waals surface area contributed by atoms with Crippen molar-refractivity contribution in [2.24, 2.45) is 0 Å². The highest BCUT2D eigenvalue weighted by molar-refractivity contribution is 7.15. The molecular formula is C14H18N2S. The lowest BCUT2D eigenvalue weighted by Crippen LogP contribution is -2.13. The van der Waals surface area contributed by atoms with E-state index < -0.39 is 0 Å². The lowest BCUT2D eigenvalue weighted by Gasteiger charge is -2.07. The highest BCUT2D eigenvalue weighted by Gasteiger charge is 2.02. The molecule has 2 heterocycles. The van der Waals surface area contributed by atoms with Crippen molar-refractivity contribution in [2.75, 3.05) is 20.6 Å². The minimum absolute atomic E-state index is 1.16. The van der Waals surface area contributed by atoms with Crippen LogP contribution in [-0.4, -0.2) is 30.5 Å². The van der Waals surface area contributed by atoms with Gasteiger partial charge in [-0.05, 0) is 63.3 Å². The molecule has 2 aromatic rings. The summed E-state index contributed by atoms with van der Waals surface area (Å²) in [5.74, 6) is 0. The van der Waals surface area contributed by atoms with Crippen molar-refractivity contribution in [3.8, 4) is 10.4 Å². The van der Waals surface area contributed by atoms with E-state index in [2.05, 4.69) is 48.2 Å². The van der Waals surface area contributed by atoms with Gasteiger partial charge in [0, 0.05) is 22.1 Å². The number of hydrogen-bond donors (Lipinski definition) is 0. The van der Waals surface area contributed by atoms with E-state index in [1.165, 1.54) is 28.2 Å². The Hall–Kier alpha value is -1.19. The third-order valence-corrected chi connectivity index (χ3v) is 3.85. The molecule has 2 rings (SSSR count). The lowest BCUT2D eigenvalue weighted by atomic mass is 10.2. The fourth-order valence-corrected chi connectivity index (χ4v) is 2.81. The van der Waals surface area contributed by atoms with Crippen molar-refractivity contribution in [2.45, 2.75) is 12.8 Å². The van der Waals surface area contributed by atoms with Crippen LogP contribution in [0.15, 0.2) is 36.7 Å². The molecule has 0 bridgehead atoms. The summed E-state index contributed by atoms with van der Waals surface area (Å²) in [6, 6.07) is 8.59. The number of nitrogens with zero attached hydrogens (tertiary/aromatic N) is 2. The molecule has 0 atom stereocenters. The van der Waals surface area contributed by atoms with Gasteiger partial charge in [0.2, 0.25) is 0 Å². The van der Waals surface area contributed by atoms with E-state index >= 15 is 0 Å². The molecule has 0 spiro atoms. The van der Waals surface area contributed by atoms with E-state index in [1.54, 1.807) is 0 Å². The quantitative estimate of drug-likeness (QED) is 0.804. The molecule has 0 aliphatic carbocycles. The van der Waals surface area contributed by atoms with Gasteiger partial charge in [0.15, 0.2) is 0 Å². The summed E-state index contributed by atoms with van der Waals surface area (Å²) in [7, 11) is 4.24. The number of rotatable bonds is 5. The molecule has 0 saturated heterocycles. The molecule has 0 unspecified atom stereocenters. The van der Waals surface area contributed by atoms with Crippen molar-refractivity contribution in [1.82, 2.24) is 9.88 Å². The molecule has 3 heteroatoms. The summed E-state index contributed by atoms with van der Waals surface area (Å²) in [6.07, 6.45) is 6.10. The average Bonchev–Trinajstić information content (AvgIpc) is 2.78. The molecule has 0 amide bonds.